The lowest BCUT2D eigenvalue weighted by Crippen LogP contribution is -2.10. The third-order valence-corrected chi connectivity index (χ3v) is 3.95. The highest BCUT2D eigenvalue weighted by Crippen LogP contribution is 2.49. The van der Waals surface area contributed by atoms with Crippen LogP contribution in [0.25, 0.3) is 0 Å². The van der Waals surface area contributed by atoms with Crippen LogP contribution in [0.1, 0.15) is 13.8 Å². The molecular weight excluding hydrogens is 214 g/mol. The van der Waals surface area contributed by atoms with Crippen molar-refractivity contribution < 1.29 is 0 Å². The van der Waals surface area contributed by atoms with Crippen LogP contribution in [0.15, 0.2) is 33.7 Å². The molecule has 0 saturated heterocycles. The lowest BCUT2D eigenvalue weighted by Gasteiger charge is -2.15. The molecule has 0 atom stereocenters. The van der Waals surface area contributed by atoms with Gasteiger partial charge in [0.1, 0.15) is 0 Å². The Labute approximate surface area is 93.7 Å². The number of hydrogen-bond donors (Lipinski definition) is 0. The third-order valence-electron chi connectivity index (χ3n) is 2.22. The molecule has 1 aromatic carbocycles. The second-order valence-corrected chi connectivity index (χ2v) is 4.99. The highest BCUT2D eigenvalue weighted by molar-refractivity contribution is 8.03. The molecule has 0 amide bonds. The Morgan fingerprint density at radius 2 is 2.07 bits per heavy atom. The van der Waals surface area contributed by atoms with Crippen LogP contribution in [0, 0.1) is 0 Å². The maximum atomic E-state index is 6.16. The van der Waals surface area contributed by atoms with Gasteiger partial charge in [0.2, 0.25) is 0 Å². The standard InChI is InChI=1S/C11H12ClNS/c1-7(2)11-13(3)10-8(12)5-4-6-9(10)14-11/h4-6H,1-3H3. The van der Waals surface area contributed by atoms with Gasteiger partial charge in [-0.15, -0.1) is 0 Å². The zero-order valence-electron chi connectivity index (χ0n) is 8.47. The van der Waals surface area contributed by atoms with Crippen LogP contribution in [0.2, 0.25) is 5.02 Å². The number of fused-ring (bicyclic) bond motifs is 1. The van der Waals surface area contributed by atoms with Gasteiger partial charge in [0.25, 0.3) is 0 Å². The van der Waals surface area contributed by atoms with E-state index in [-0.39, 0.29) is 0 Å². The monoisotopic (exact) mass is 225 g/mol. The van der Waals surface area contributed by atoms with Crippen molar-refractivity contribution in [3.63, 3.8) is 0 Å². The Hall–Kier alpha value is -0.600. The molecule has 0 fully saturated rings. The first-order chi connectivity index (χ1) is 6.61. The molecule has 0 N–H and O–H groups in total. The number of para-hydroxylation sites is 1. The lowest BCUT2D eigenvalue weighted by atomic mass is 10.3. The number of hydrogen-bond acceptors (Lipinski definition) is 2. The van der Waals surface area contributed by atoms with Crippen molar-refractivity contribution in [1.29, 1.82) is 0 Å². The van der Waals surface area contributed by atoms with E-state index in [0.717, 1.165) is 10.7 Å². The van der Waals surface area contributed by atoms with Crippen molar-refractivity contribution in [1.82, 2.24) is 0 Å². The second kappa shape index (κ2) is 3.52. The number of benzene rings is 1. The fourth-order valence-corrected chi connectivity index (χ4v) is 3.10. The zero-order chi connectivity index (χ0) is 10.3. The van der Waals surface area contributed by atoms with E-state index in [1.165, 1.54) is 15.5 Å². The molecule has 2 rings (SSSR count). The number of nitrogens with zero attached hydrogens (tertiary/aromatic N) is 1. The van der Waals surface area contributed by atoms with Gasteiger partial charge in [-0.1, -0.05) is 29.4 Å². The average Bonchev–Trinajstić information content (AvgIpc) is 2.45. The summed E-state index contributed by atoms with van der Waals surface area (Å²) in [5.41, 5.74) is 2.46. The van der Waals surface area contributed by atoms with Crippen LogP contribution in [-0.4, -0.2) is 7.05 Å². The minimum atomic E-state index is 0.828. The molecule has 0 aromatic heterocycles. The Kier molecular flexibility index (Phi) is 2.50. The minimum Gasteiger partial charge on any atom is -0.337 e. The van der Waals surface area contributed by atoms with Gasteiger partial charge in [0.15, 0.2) is 0 Å². The van der Waals surface area contributed by atoms with Gasteiger partial charge in [0, 0.05) is 11.9 Å². The molecule has 0 radical (unpaired) electrons. The summed E-state index contributed by atoms with van der Waals surface area (Å²) in [5, 5.41) is 2.11. The van der Waals surface area contributed by atoms with Crippen molar-refractivity contribution in [2.75, 3.05) is 11.9 Å². The van der Waals surface area contributed by atoms with Crippen LogP contribution in [0.3, 0.4) is 0 Å². The Balaban J connectivity index is 2.57. The highest BCUT2D eigenvalue weighted by Gasteiger charge is 2.24. The summed E-state index contributed by atoms with van der Waals surface area (Å²) < 4.78 is 0. The predicted octanol–water partition coefficient (Wildman–Crippen LogP) is 4.13. The fraction of sp³-hybridized carbons (Fsp3) is 0.273. The van der Waals surface area contributed by atoms with Gasteiger partial charge >= 0.3 is 0 Å². The van der Waals surface area contributed by atoms with E-state index in [0.29, 0.717) is 0 Å². The third kappa shape index (κ3) is 1.43. The topological polar surface area (TPSA) is 3.24 Å². The van der Waals surface area contributed by atoms with Gasteiger partial charge in [0.05, 0.1) is 15.7 Å². The molecule has 1 nitrogen and oxygen atoms in total. The summed E-state index contributed by atoms with van der Waals surface area (Å²) in [6.45, 7) is 4.25. The summed E-state index contributed by atoms with van der Waals surface area (Å²) >= 11 is 7.94. The molecule has 3 heteroatoms. The normalized spacial score (nSPS) is 14.6. The van der Waals surface area contributed by atoms with Crippen LogP contribution in [0.4, 0.5) is 5.69 Å². The molecule has 0 saturated carbocycles. The first-order valence-electron chi connectivity index (χ1n) is 4.49. The van der Waals surface area contributed by atoms with Gasteiger partial charge in [-0.25, -0.2) is 0 Å². The summed E-state index contributed by atoms with van der Waals surface area (Å²) in [6.07, 6.45) is 0. The van der Waals surface area contributed by atoms with Gasteiger partial charge < -0.3 is 4.90 Å². The summed E-state index contributed by atoms with van der Waals surface area (Å²) in [5.74, 6) is 0. The first-order valence-corrected chi connectivity index (χ1v) is 5.68. The number of thioether (sulfide) groups is 1. The number of rotatable bonds is 0. The minimum absolute atomic E-state index is 0.828. The first kappa shape index (κ1) is 9.94. The number of anilines is 1. The van der Waals surface area contributed by atoms with Crippen LogP contribution in [0.5, 0.6) is 0 Å². The summed E-state index contributed by atoms with van der Waals surface area (Å²) in [7, 11) is 2.06. The van der Waals surface area contributed by atoms with Gasteiger partial charge in [-0.3, -0.25) is 0 Å². The van der Waals surface area contributed by atoms with E-state index in [1.54, 1.807) is 11.8 Å². The van der Waals surface area contributed by atoms with Crippen molar-refractivity contribution in [2.24, 2.45) is 0 Å². The Morgan fingerprint density at radius 1 is 1.36 bits per heavy atom. The van der Waals surface area contributed by atoms with Gasteiger partial charge in [-0.2, -0.15) is 0 Å². The van der Waals surface area contributed by atoms with E-state index in [2.05, 4.69) is 31.9 Å². The molecule has 0 spiro atoms. The van der Waals surface area contributed by atoms with Crippen LogP contribution >= 0.6 is 23.4 Å². The number of allylic oxidation sites excluding steroid dienone is 1. The zero-order valence-corrected chi connectivity index (χ0v) is 10.0. The molecule has 0 unspecified atom stereocenters. The van der Waals surface area contributed by atoms with E-state index >= 15 is 0 Å². The van der Waals surface area contributed by atoms with Crippen molar-refractivity contribution in [2.45, 2.75) is 18.7 Å². The van der Waals surface area contributed by atoms with E-state index in [1.807, 2.05) is 12.1 Å². The lowest BCUT2D eigenvalue weighted by molar-refractivity contribution is 1.14. The molecule has 14 heavy (non-hydrogen) atoms. The second-order valence-electron chi connectivity index (χ2n) is 3.55. The van der Waals surface area contributed by atoms with E-state index in [4.69, 9.17) is 11.6 Å². The van der Waals surface area contributed by atoms with Crippen molar-refractivity contribution in [3.05, 3.63) is 33.8 Å². The maximum Gasteiger partial charge on any atom is 0.0785 e. The fourth-order valence-electron chi connectivity index (χ4n) is 1.62. The highest BCUT2D eigenvalue weighted by atomic mass is 35.5. The largest absolute Gasteiger partial charge is 0.337 e. The maximum absolute atomic E-state index is 6.16. The molecule has 0 bridgehead atoms. The van der Waals surface area contributed by atoms with Crippen LogP contribution < -0.4 is 4.90 Å². The Bertz CT molecular complexity index is 408. The Morgan fingerprint density at radius 3 is 2.64 bits per heavy atom. The van der Waals surface area contributed by atoms with Crippen molar-refractivity contribution >= 4 is 29.1 Å². The van der Waals surface area contributed by atoms with E-state index < -0.39 is 0 Å². The average molecular weight is 226 g/mol. The number of halogens is 1. The molecule has 1 heterocycles. The molecular formula is C11H12ClNS. The SMILES string of the molecule is CC(C)=C1Sc2cccc(Cl)c2N1C. The van der Waals surface area contributed by atoms with Crippen LogP contribution in [-0.2, 0) is 0 Å². The van der Waals surface area contributed by atoms with Crippen molar-refractivity contribution in [3.8, 4) is 0 Å². The smallest absolute Gasteiger partial charge is 0.0785 e. The molecule has 74 valence electrons. The molecule has 1 aromatic rings. The molecule has 1 aliphatic heterocycles. The molecule has 0 aliphatic carbocycles. The van der Waals surface area contributed by atoms with E-state index in [9.17, 15) is 0 Å². The summed E-state index contributed by atoms with van der Waals surface area (Å²) in [4.78, 5) is 3.41. The molecule has 1 aliphatic rings. The quantitative estimate of drug-likeness (QED) is 0.653. The predicted molar refractivity (Wildman–Crippen MR) is 64.1 cm³/mol. The summed E-state index contributed by atoms with van der Waals surface area (Å²) in [6, 6.07) is 6.04. The van der Waals surface area contributed by atoms with Gasteiger partial charge in [-0.05, 0) is 31.6 Å².